The van der Waals surface area contributed by atoms with Crippen molar-refractivity contribution >= 4 is 21.6 Å². The minimum atomic E-state index is -3.96. The zero-order chi connectivity index (χ0) is 23.0. The van der Waals surface area contributed by atoms with E-state index in [0.717, 1.165) is 30.0 Å². The minimum absolute atomic E-state index is 0.122. The van der Waals surface area contributed by atoms with Crippen molar-refractivity contribution in [2.24, 2.45) is 5.92 Å². The smallest absolute Gasteiger partial charge is 0.264 e. The molecule has 0 radical (unpaired) electrons. The monoisotopic (exact) mass is 460 g/mol. The number of hydrogen-bond acceptors (Lipinski definition) is 5. The standard InChI is InChI=1S/C24H32N2O5S/c1-3-5-9-19(4-2)17-25-24(27)18-26(32(28,29)21-10-7-6-8-11-21)20-12-13-22-23(16-20)31-15-14-30-22/h6-8,10-13,16,19H,3-5,9,14-15,17-18H2,1-2H3,(H,25,27). The Morgan fingerprint density at radius 2 is 1.78 bits per heavy atom. The van der Waals surface area contributed by atoms with E-state index in [2.05, 4.69) is 19.2 Å². The van der Waals surface area contributed by atoms with Gasteiger partial charge in [-0.1, -0.05) is 51.3 Å². The van der Waals surface area contributed by atoms with Gasteiger partial charge >= 0.3 is 0 Å². The Morgan fingerprint density at radius 1 is 1.06 bits per heavy atom. The van der Waals surface area contributed by atoms with Crippen molar-refractivity contribution in [2.75, 3.05) is 30.6 Å². The molecule has 1 aliphatic heterocycles. The highest BCUT2D eigenvalue weighted by atomic mass is 32.2. The van der Waals surface area contributed by atoms with Gasteiger partial charge in [-0.05, 0) is 36.6 Å². The lowest BCUT2D eigenvalue weighted by Gasteiger charge is -2.26. The van der Waals surface area contributed by atoms with Gasteiger partial charge in [-0.15, -0.1) is 0 Å². The van der Waals surface area contributed by atoms with Gasteiger partial charge in [0.15, 0.2) is 11.5 Å². The maximum Gasteiger partial charge on any atom is 0.264 e. The molecule has 0 bridgehead atoms. The third-order valence-corrected chi connectivity index (χ3v) is 7.35. The first-order valence-electron chi connectivity index (χ1n) is 11.2. The van der Waals surface area contributed by atoms with Gasteiger partial charge < -0.3 is 14.8 Å². The third-order valence-electron chi connectivity index (χ3n) is 5.56. The second-order valence-corrected chi connectivity index (χ2v) is 9.74. The average Bonchev–Trinajstić information content (AvgIpc) is 2.82. The van der Waals surface area contributed by atoms with Crippen LogP contribution in [0, 0.1) is 5.92 Å². The van der Waals surface area contributed by atoms with Gasteiger partial charge in [0.05, 0.1) is 10.6 Å². The number of unbranched alkanes of at least 4 members (excludes halogenated alkanes) is 1. The van der Waals surface area contributed by atoms with Crippen molar-refractivity contribution < 1.29 is 22.7 Å². The second kappa shape index (κ2) is 11.2. The second-order valence-electron chi connectivity index (χ2n) is 7.87. The first-order valence-corrected chi connectivity index (χ1v) is 12.6. The molecule has 3 rings (SSSR count). The molecule has 0 fully saturated rings. The molecule has 32 heavy (non-hydrogen) atoms. The van der Waals surface area contributed by atoms with Gasteiger partial charge in [-0.2, -0.15) is 0 Å². The van der Waals surface area contributed by atoms with Crippen LogP contribution in [0.5, 0.6) is 11.5 Å². The Bertz CT molecular complexity index is 995. The number of anilines is 1. The topological polar surface area (TPSA) is 84.9 Å². The predicted molar refractivity (Wildman–Crippen MR) is 125 cm³/mol. The first kappa shape index (κ1) is 23.9. The lowest BCUT2D eigenvalue weighted by molar-refractivity contribution is -0.119. The zero-order valence-electron chi connectivity index (χ0n) is 18.7. The van der Waals surface area contributed by atoms with Gasteiger partial charge in [0.25, 0.3) is 10.0 Å². The van der Waals surface area contributed by atoms with Gasteiger partial charge in [-0.3, -0.25) is 9.10 Å². The molecule has 7 nitrogen and oxygen atoms in total. The van der Waals surface area contributed by atoms with E-state index in [0.29, 0.717) is 42.9 Å². The fourth-order valence-electron chi connectivity index (χ4n) is 3.61. The maximum atomic E-state index is 13.4. The number of carbonyl (C=O) groups excluding carboxylic acids is 1. The molecule has 2 aromatic rings. The molecule has 1 amide bonds. The van der Waals surface area contributed by atoms with Crippen molar-refractivity contribution in [3.05, 3.63) is 48.5 Å². The fourth-order valence-corrected chi connectivity index (χ4v) is 5.04. The SMILES string of the molecule is CCCCC(CC)CNC(=O)CN(c1ccc2c(c1)OCCO2)S(=O)(=O)c1ccccc1. The van der Waals surface area contributed by atoms with Crippen LogP contribution in [0.2, 0.25) is 0 Å². The summed E-state index contributed by atoms with van der Waals surface area (Å²) in [6, 6.07) is 13.0. The number of fused-ring (bicyclic) bond motifs is 1. The molecule has 0 spiro atoms. The number of benzene rings is 2. The van der Waals surface area contributed by atoms with Crippen LogP contribution in [-0.2, 0) is 14.8 Å². The summed E-state index contributed by atoms with van der Waals surface area (Å²) in [6.45, 7) is 5.30. The number of ether oxygens (including phenoxy) is 2. The number of sulfonamides is 1. The number of hydrogen-bond donors (Lipinski definition) is 1. The lowest BCUT2D eigenvalue weighted by atomic mass is 9.99. The molecule has 174 valence electrons. The van der Waals surface area contributed by atoms with Crippen LogP contribution in [-0.4, -0.2) is 40.6 Å². The molecule has 1 aliphatic rings. The first-order chi connectivity index (χ1) is 15.5. The molecule has 0 aliphatic carbocycles. The van der Waals surface area contributed by atoms with Gasteiger partial charge in [-0.25, -0.2) is 8.42 Å². The van der Waals surface area contributed by atoms with Crippen LogP contribution in [0.3, 0.4) is 0 Å². The van der Waals surface area contributed by atoms with E-state index < -0.39 is 10.0 Å². The third kappa shape index (κ3) is 5.94. The fraction of sp³-hybridized carbons (Fsp3) is 0.458. The normalized spacial score (nSPS) is 13.9. The lowest BCUT2D eigenvalue weighted by Crippen LogP contribution is -2.42. The maximum absolute atomic E-state index is 13.4. The molecule has 1 N–H and O–H groups in total. The summed E-state index contributed by atoms with van der Waals surface area (Å²) in [5, 5.41) is 2.93. The highest BCUT2D eigenvalue weighted by Gasteiger charge is 2.28. The molecule has 0 aromatic heterocycles. The van der Waals surface area contributed by atoms with E-state index in [-0.39, 0.29) is 17.3 Å². The highest BCUT2D eigenvalue weighted by molar-refractivity contribution is 7.92. The van der Waals surface area contributed by atoms with E-state index in [1.54, 1.807) is 36.4 Å². The Labute approximate surface area is 190 Å². The summed E-state index contributed by atoms with van der Waals surface area (Å²) >= 11 is 0. The van der Waals surface area contributed by atoms with E-state index in [4.69, 9.17) is 9.47 Å². The molecule has 0 saturated heterocycles. The Kier molecular flexibility index (Phi) is 8.39. The van der Waals surface area contributed by atoms with E-state index in [1.807, 2.05) is 0 Å². The van der Waals surface area contributed by atoms with E-state index in [1.165, 1.54) is 12.1 Å². The molecular weight excluding hydrogens is 428 g/mol. The average molecular weight is 461 g/mol. The Morgan fingerprint density at radius 3 is 2.47 bits per heavy atom. The summed E-state index contributed by atoms with van der Waals surface area (Å²) in [5.41, 5.74) is 0.353. The minimum Gasteiger partial charge on any atom is -0.486 e. The Hall–Kier alpha value is -2.74. The molecule has 0 saturated carbocycles. The van der Waals surface area contributed by atoms with Gasteiger partial charge in [0.1, 0.15) is 19.8 Å². The quantitative estimate of drug-likeness (QED) is 0.548. The number of rotatable bonds is 11. The molecule has 1 atom stereocenters. The summed E-state index contributed by atoms with van der Waals surface area (Å²) in [5.74, 6) is 1.07. The number of nitrogens with zero attached hydrogens (tertiary/aromatic N) is 1. The van der Waals surface area contributed by atoms with Crippen LogP contribution in [0.1, 0.15) is 39.5 Å². The van der Waals surface area contributed by atoms with Crippen molar-refractivity contribution in [1.29, 1.82) is 0 Å². The van der Waals surface area contributed by atoms with Gasteiger partial charge in [0.2, 0.25) is 5.91 Å². The van der Waals surface area contributed by atoms with E-state index >= 15 is 0 Å². The van der Waals surface area contributed by atoms with Crippen LogP contribution in [0.4, 0.5) is 5.69 Å². The molecule has 8 heteroatoms. The molecule has 1 unspecified atom stereocenters. The van der Waals surface area contributed by atoms with Crippen molar-refractivity contribution in [3.8, 4) is 11.5 Å². The summed E-state index contributed by atoms with van der Waals surface area (Å²) in [6.07, 6.45) is 4.23. The van der Waals surface area contributed by atoms with Crippen LogP contribution in [0.25, 0.3) is 0 Å². The van der Waals surface area contributed by atoms with Crippen molar-refractivity contribution in [2.45, 2.75) is 44.4 Å². The molecular formula is C24H32N2O5S. The number of amides is 1. The van der Waals surface area contributed by atoms with Crippen molar-refractivity contribution in [3.63, 3.8) is 0 Å². The van der Waals surface area contributed by atoms with Crippen LogP contribution >= 0.6 is 0 Å². The summed E-state index contributed by atoms with van der Waals surface area (Å²) in [4.78, 5) is 12.9. The zero-order valence-corrected chi connectivity index (χ0v) is 19.6. The number of nitrogens with one attached hydrogen (secondary N) is 1. The highest BCUT2D eigenvalue weighted by Crippen LogP contribution is 2.35. The molecule has 1 heterocycles. The molecule has 2 aromatic carbocycles. The predicted octanol–water partition coefficient (Wildman–Crippen LogP) is 3.99. The summed E-state index contributed by atoms with van der Waals surface area (Å²) in [7, 11) is -3.96. The van der Waals surface area contributed by atoms with Crippen LogP contribution in [0.15, 0.2) is 53.4 Å². The number of carbonyl (C=O) groups is 1. The largest absolute Gasteiger partial charge is 0.486 e. The van der Waals surface area contributed by atoms with Crippen molar-refractivity contribution in [1.82, 2.24) is 5.32 Å². The Balaban J connectivity index is 1.84. The van der Waals surface area contributed by atoms with E-state index in [9.17, 15) is 13.2 Å². The van der Waals surface area contributed by atoms with Gasteiger partial charge in [0, 0.05) is 12.6 Å². The van der Waals surface area contributed by atoms with Crippen LogP contribution < -0.4 is 19.1 Å². The summed E-state index contributed by atoms with van der Waals surface area (Å²) < 4.78 is 39.2.